The van der Waals surface area contributed by atoms with E-state index < -0.39 is 6.04 Å². The van der Waals surface area contributed by atoms with Crippen LogP contribution in [0.15, 0.2) is 0 Å². The Bertz CT molecular complexity index is 383. The molecule has 2 aliphatic rings. The van der Waals surface area contributed by atoms with Gasteiger partial charge in [0.25, 0.3) is 5.91 Å². The van der Waals surface area contributed by atoms with Gasteiger partial charge in [-0.25, -0.2) is 0 Å². The summed E-state index contributed by atoms with van der Waals surface area (Å²) >= 11 is 0. The van der Waals surface area contributed by atoms with Gasteiger partial charge >= 0.3 is 0 Å². The molecule has 100 valence electrons. The number of hydrogen-bond acceptors (Lipinski definition) is 4. The lowest BCUT2D eigenvalue weighted by Crippen LogP contribution is -2.50. The zero-order valence-electron chi connectivity index (χ0n) is 10.7. The van der Waals surface area contributed by atoms with Crippen LogP contribution in [0.1, 0.15) is 26.2 Å². The molecule has 0 aliphatic carbocycles. The summed E-state index contributed by atoms with van der Waals surface area (Å²) in [7, 11) is 1.45. The lowest BCUT2D eigenvalue weighted by Gasteiger charge is -2.29. The van der Waals surface area contributed by atoms with E-state index in [1.165, 1.54) is 7.05 Å². The molecule has 0 radical (unpaired) electrons. The topological polar surface area (TPSA) is 78.5 Å². The summed E-state index contributed by atoms with van der Waals surface area (Å²) in [4.78, 5) is 36.2. The molecule has 0 saturated carbocycles. The van der Waals surface area contributed by atoms with Crippen molar-refractivity contribution in [3.63, 3.8) is 0 Å². The van der Waals surface area contributed by atoms with Gasteiger partial charge in [0.05, 0.1) is 12.3 Å². The fraction of sp³-hybridized carbons (Fsp3) is 0.750. The maximum absolute atomic E-state index is 12.1. The van der Waals surface area contributed by atoms with Gasteiger partial charge in [0.1, 0.15) is 6.04 Å². The minimum atomic E-state index is -0.677. The fourth-order valence-electron chi connectivity index (χ4n) is 2.55. The number of nitrogens with one attached hydrogen (secondary N) is 2. The van der Waals surface area contributed by atoms with Gasteiger partial charge in [0.2, 0.25) is 11.8 Å². The number of carbonyl (C=O) groups is 3. The number of nitrogens with zero attached hydrogens (tertiary/aromatic N) is 1. The van der Waals surface area contributed by atoms with Crippen LogP contribution in [0.5, 0.6) is 0 Å². The van der Waals surface area contributed by atoms with Crippen LogP contribution in [-0.2, 0) is 14.4 Å². The van der Waals surface area contributed by atoms with Gasteiger partial charge in [0, 0.05) is 13.1 Å². The SMILES string of the molecule is CC1NCCCC1C(=O)NC1CC(=O)N(C)C1=O. The summed E-state index contributed by atoms with van der Waals surface area (Å²) in [6, 6.07) is -0.562. The van der Waals surface area contributed by atoms with Crippen LogP contribution in [0.25, 0.3) is 0 Å². The summed E-state index contributed by atoms with van der Waals surface area (Å²) in [5.41, 5.74) is 0. The molecule has 0 bridgehead atoms. The maximum atomic E-state index is 12.1. The first-order chi connectivity index (χ1) is 8.50. The van der Waals surface area contributed by atoms with E-state index in [0.717, 1.165) is 24.3 Å². The highest BCUT2D eigenvalue weighted by atomic mass is 16.2. The molecule has 2 rings (SSSR count). The van der Waals surface area contributed by atoms with Crippen LogP contribution in [0.3, 0.4) is 0 Å². The van der Waals surface area contributed by atoms with Crippen LogP contribution >= 0.6 is 0 Å². The van der Waals surface area contributed by atoms with E-state index in [1.54, 1.807) is 0 Å². The quantitative estimate of drug-likeness (QED) is 0.635. The van der Waals surface area contributed by atoms with Crippen molar-refractivity contribution in [3.8, 4) is 0 Å². The van der Waals surface area contributed by atoms with Gasteiger partial charge in [-0.2, -0.15) is 0 Å². The molecule has 2 N–H and O–H groups in total. The summed E-state index contributed by atoms with van der Waals surface area (Å²) in [6.07, 6.45) is 1.86. The Kier molecular flexibility index (Phi) is 3.65. The highest BCUT2D eigenvalue weighted by molar-refractivity contribution is 6.06. The zero-order valence-corrected chi connectivity index (χ0v) is 10.7. The summed E-state index contributed by atoms with van der Waals surface area (Å²) in [5.74, 6) is -0.798. The largest absolute Gasteiger partial charge is 0.343 e. The first-order valence-corrected chi connectivity index (χ1v) is 6.35. The summed E-state index contributed by atoms with van der Waals surface area (Å²) in [5, 5.41) is 5.94. The normalized spacial score (nSPS) is 32.8. The van der Waals surface area contributed by atoms with E-state index in [2.05, 4.69) is 10.6 Å². The molecule has 6 nitrogen and oxygen atoms in total. The van der Waals surface area contributed by atoms with Crippen LogP contribution < -0.4 is 10.6 Å². The third-order valence-electron chi connectivity index (χ3n) is 3.80. The molecule has 6 heteroatoms. The molecule has 18 heavy (non-hydrogen) atoms. The first kappa shape index (κ1) is 13.0. The molecule has 3 amide bonds. The van der Waals surface area contributed by atoms with Crippen molar-refractivity contribution < 1.29 is 14.4 Å². The average molecular weight is 253 g/mol. The first-order valence-electron chi connectivity index (χ1n) is 6.35. The number of likely N-dealkylation sites (tertiary alicyclic amines) is 1. The molecular formula is C12H19N3O3. The zero-order chi connectivity index (χ0) is 13.3. The molecule has 0 aromatic heterocycles. The number of likely N-dealkylation sites (N-methyl/N-ethyl adjacent to an activating group) is 1. The Morgan fingerprint density at radius 2 is 2.17 bits per heavy atom. The minimum Gasteiger partial charge on any atom is -0.343 e. The molecule has 0 aromatic rings. The Balaban J connectivity index is 1.95. The second-order valence-corrected chi connectivity index (χ2v) is 5.05. The summed E-state index contributed by atoms with van der Waals surface area (Å²) < 4.78 is 0. The number of hydrogen-bond donors (Lipinski definition) is 2. The molecule has 0 aromatic carbocycles. The number of rotatable bonds is 2. The van der Waals surface area contributed by atoms with Gasteiger partial charge in [-0.05, 0) is 26.3 Å². The summed E-state index contributed by atoms with van der Waals surface area (Å²) in [6.45, 7) is 2.89. The smallest absolute Gasteiger partial charge is 0.252 e. The van der Waals surface area contributed by atoms with Gasteiger partial charge in [-0.1, -0.05) is 0 Å². The highest BCUT2D eigenvalue weighted by Gasteiger charge is 2.38. The van der Waals surface area contributed by atoms with Crippen molar-refractivity contribution in [3.05, 3.63) is 0 Å². The van der Waals surface area contributed by atoms with E-state index >= 15 is 0 Å². The average Bonchev–Trinajstić information content (AvgIpc) is 2.57. The van der Waals surface area contributed by atoms with Crippen LogP contribution in [0.4, 0.5) is 0 Å². The predicted molar refractivity (Wildman–Crippen MR) is 64.5 cm³/mol. The van der Waals surface area contributed by atoms with Crippen molar-refractivity contribution in [2.45, 2.75) is 38.3 Å². The second-order valence-electron chi connectivity index (χ2n) is 5.05. The van der Waals surface area contributed by atoms with Crippen molar-refractivity contribution in [1.82, 2.24) is 15.5 Å². The third kappa shape index (κ3) is 2.38. The molecule has 2 saturated heterocycles. The van der Waals surface area contributed by atoms with Crippen molar-refractivity contribution in [2.24, 2.45) is 5.92 Å². The number of amides is 3. The lowest BCUT2D eigenvalue weighted by molar-refractivity contribution is -0.138. The number of carbonyl (C=O) groups excluding carboxylic acids is 3. The van der Waals surface area contributed by atoms with Crippen molar-refractivity contribution >= 4 is 17.7 Å². The van der Waals surface area contributed by atoms with Crippen LogP contribution in [-0.4, -0.2) is 48.3 Å². The highest BCUT2D eigenvalue weighted by Crippen LogP contribution is 2.18. The van der Waals surface area contributed by atoms with Gasteiger partial charge < -0.3 is 10.6 Å². The standard InChI is InChI=1S/C12H19N3O3/c1-7-8(4-3-5-13-7)11(17)14-9-6-10(16)15(2)12(9)18/h7-9,13H,3-6H2,1-2H3,(H,14,17). The molecule has 3 atom stereocenters. The molecule has 2 heterocycles. The van der Waals surface area contributed by atoms with Crippen LogP contribution in [0, 0.1) is 5.92 Å². The fourth-order valence-corrected chi connectivity index (χ4v) is 2.55. The maximum Gasteiger partial charge on any atom is 0.252 e. The Morgan fingerprint density at radius 1 is 1.44 bits per heavy atom. The van der Waals surface area contributed by atoms with E-state index in [9.17, 15) is 14.4 Å². The van der Waals surface area contributed by atoms with E-state index in [0.29, 0.717) is 0 Å². The van der Waals surface area contributed by atoms with E-state index in [1.807, 2.05) is 6.92 Å². The van der Waals surface area contributed by atoms with E-state index in [4.69, 9.17) is 0 Å². The van der Waals surface area contributed by atoms with Crippen LogP contribution in [0.2, 0.25) is 0 Å². The van der Waals surface area contributed by atoms with Crippen molar-refractivity contribution in [1.29, 1.82) is 0 Å². The Morgan fingerprint density at radius 3 is 2.72 bits per heavy atom. The van der Waals surface area contributed by atoms with E-state index in [-0.39, 0.29) is 36.1 Å². The molecule has 3 unspecified atom stereocenters. The minimum absolute atomic E-state index is 0.0790. The molecule has 0 spiro atoms. The predicted octanol–water partition coefficient (Wildman–Crippen LogP) is -0.752. The second kappa shape index (κ2) is 5.06. The van der Waals surface area contributed by atoms with Gasteiger partial charge in [-0.3, -0.25) is 19.3 Å². The Labute approximate surface area is 106 Å². The Hall–Kier alpha value is -1.43. The van der Waals surface area contributed by atoms with Gasteiger partial charge in [-0.15, -0.1) is 0 Å². The molecule has 2 fully saturated rings. The van der Waals surface area contributed by atoms with Crippen molar-refractivity contribution in [2.75, 3.05) is 13.6 Å². The number of piperidine rings is 1. The third-order valence-corrected chi connectivity index (χ3v) is 3.80. The number of imide groups is 1. The molecular weight excluding hydrogens is 234 g/mol. The van der Waals surface area contributed by atoms with Gasteiger partial charge in [0.15, 0.2) is 0 Å². The molecule has 2 aliphatic heterocycles. The lowest BCUT2D eigenvalue weighted by atomic mass is 9.91. The monoisotopic (exact) mass is 253 g/mol.